The molecule has 0 radical (unpaired) electrons. The van der Waals surface area contributed by atoms with Gasteiger partial charge < -0.3 is 14.8 Å². The number of fused-ring (bicyclic) bond motifs is 2. The summed E-state index contributed by atoms with van der Waals surface area (Å²) < 4.78 is 12.9. The van der Waals surface area contributed by atoms with Crippen molar-refractivity contribution in [2.75, 3.05) is 25.5 Å². The first kappa shape index (κ1) is 20.3. The van der Waals surface area contributed by atoms with Crippen molar-refractivity contribution in [3.63, 3.8) is 0 Å². The molecular formula is C23H21N5O3S. The molecule has 0 saturated heterocycles. The van der Waals surface area contributed by atoms with Crippen molar-refractivity contribution >= 4 is 28.7 Å². The normalized spacial score (nSPS) is 12.6. The maximum Gasteiger partial charge on any atom is 0.230 e. The molecule has 9 heteroatoms. The molecule has 3 heterocycles. The molecule has 1 amide bonds. The van der Waals surface area contributed by atoms with Crippen LogP contribution in [0.25, 0.3) is 16.7 Å². The Kier molecular flexibility index (Phi) is 5.89. The van der Waals surface area contributed by atoms with Crippen molar-refractivity contribution in [2.45, 2.75) is 11.4 Å². The molecule has 0 spiro atoms. The molecule has 8 nitrogen and oxygen atoms in total. The predicted octanol–water partition coefficient (Wildman–Crippen LogP) is 3.04. The molecule has 0 unspecified atom stereocenters. The molecule has 2 aromatic carbocycles. The summed E-state index contributed by atoms with van der Waals surface area (Å²) >= 11 is 1.38. The number of benzene rings is 2. The number of hydrogen-bond donors (Lipinski definition) is 1. The lowest BCUT2D eigenvalue weighted by molar-refractivity contribution is -0.118. The van der Waals surface area contributed by atoms with E-state index in [-0.39, 0.29) is 11.7 Å². The third-order valence-electron chi connectivity index (χ3n) is 5.01. The van der Waals surface area contributed by atoms with Crippen molar-refractivity contribution in [3.8, 4) is 17.2 Å². The summed E-state index contributed by atoms with van der Waals surface area (Å²) in [6.07, 6.45) is 3.96. The number of rotatable bonds is 7. The van der Waals surface area contributed by atoms with Crippen molar-refractivity contribution < 1.29 is 14.3 Å². The van der Waals surface area contributed by atoms with Crippen LogP contribution in [0.15, 0.2) is 66.1 Å². The van der Waals surface area contributed by atoms with E-state index in [0.717, 1.165) is 33.2 Å². The van der Waals surface area contributed by atoms with E-state index in [9.17, 15) is 4.79 Å². The van der Waals surface area contributed by atoms with Gasteiger partial charge >= 0.3 is 0 Å². The number of para-hydroxylation sites is 1. The monoisotopic (exact) mass is 447 g/mol. The molecule has 0 aliphatic carbocycles. The van der Waals surface area contributed by atoms with Crippen molar-refractivity contribution in [3.05, 3.63) is 66.6 Å². The van der Waals surface area contributed by atoms with Gasteiger partial charge in [-0.25, -0.2) is 14.6 Å². The van der Waals surface area contributed by atoms with Gasteiger partial charge in [0.1, 0.15) is 24.6 Å². The Morgan fingerprint density at radius 1 is 1.06 bits per heavy atom. The van der Waals surface area contributed by atoms with Gasteiger partial charge in [-0.2, -0.15) is 5.10 Å². The highest BCUT2D eigenvalue weighted by molar-refractivity contribution is 8.00. The SMILES string of the molecule is O=C(CSc1ncnc2c1cnn2-c1ccccc1)NCCc1ccc2c(c1)OCCO2. The number of amides is 1. The summed E-state index contributed by atoms with van der Waals surface area (Å²) in [5, 5.41) is 8.97. The van der Waals surface area contributed by atoms with Crippen molar-refractivity contribution in [2.24, 2.45) is 0 Å². The second kappa shape index (κ2) is 9.27. The second-order valence-corrected chi connectivity index (χ2v) is 8.14. The van der Waals surface area contributed by atoms with Gasteiger partial charge in [0.2, 0.25) is 5.91 Å². The summed E-state index contributed by atoms with van der Waals surface area (Å²) in [4.78, 5) is 21.1. The molecule has 1 aliphatic heterocycles. The van der Waals surface area contributed by atoms with Crippen LogP contribution in [-0.4, -0.2) is 51.2 Å². The van der Waals surface area contributed by atoms with Crippen LogP contribution >= 0.6 is 11.8 Å². The Hall–Kier alpha value is -3.59. The minimum atomic E-state index is -0.0465. The van der Waals surface area contributed by atoms with Crippen molar-refractivity contribution in [1.29, 1.82) is 0 Å². The Morgan fingerprint density at radius 2 is 1.91 bits per heavy atom. The fourth-order valence-electron chi connectivity index (χ4n) is 3.47. The molecular weight excluding hydrogens is 426 g/mol. The molecule has 0 saturated carbocycles. The fraction of sp³-hybridized carbons (Fsp3) is 0.217. The van der Waals surface area contributed by atoms with Crippen LogP contribution < -0.4 is 14.8 Å². The smallest absolute Gasteiger partial charge is 0.230 e. The summed E-state index contributed by atoms with van der Waals surface area (Å²) in [6, 6.07) is 15.7. The van der Waals surface area contributed by atoms with E-state index >= 15 is 0 Å². The minimum absolute atomic E-state index is 0.0465. The molecule has 4 aromatic rings. The lowest BCUT2D eigenvalue weighted by Crippen LogP contribution is -2.27. The topological polar surface area (TPSA) is 91.2 Å². The number of ether oxygens (including phenoxy) is 2. The zero-order chi connectivity index (χ0) is 21.8. The van der Waals surface area contributed by atoms with Crippen LogP contribution in [-0.2, 0) is 11.2 Å². The van der Waals surface area contributed by atoms with E-state index in [1.54, 1.807) is 10.9 Å². The van der Waals surface area contributed by atoms with E-state index in [1.807, 2.05) is 48.5 Å². The Labute approximate surface area is 189 Å². The van der Waals surface area contributed by atoms with Gasteiger partial charge in [-0.05, 0) is 36.2 Å². The molecule has 32 heavy (non-hydrogen) atoms. The lowest BCUT2D eigenvalue weighted by Gasteiger charge is -2.18. The average Bonchev–Trinajstić information content (AvgIpc) is 3.28. The molecule has 2 aromatic heterocycles. The second-order valence-electron chi connectivity index (χ2n) is 7.17. The average molecular weight is 448 g/mol. The first-order valence-corrected chi connectivity index (χ1v) is 11.3. The third-order valence-corrected chi connectivity index (χ3v) is 6.02. The van der Waals surface area contributed by atoms with Crippen LogP contribution in [0.2, 0.25) is 0 Å². The van der Waals surface area contributed by atoms with Crippen LogP contribution in [0, 0.1) is 0 Å². The summed E-state index contributed by atoms with van der Waals surface area (Å²) in [7, 11) is 0. The molecule has 162 valence electrons. The van der Waals surface area contributed by atoms with Crippen LogP contribution in [0.5, 0.6) is 11.5 Å². The molecule has 0 atom stereocenters. The first-order chi connectivity index (χ1) is 15.8. The summed E-state index contributed by atoms with van der Waals surface area (Å²) in [5.41, 5.74) is 2.73. The van der Waals surface area contributed by atoms with Gasteiger partial charge in [0.25, 0.3) is 0 Å². The zero-order valence-electron chi connectivity index (χ0n) is 17.2. The van der Waals surface area contributed by atoms with E-state index in [4.69, 9.17) is 9.47 Å². The highest BCUT2D eigenvalue weighted by Gasteiger charge is 2.14. The number of carbonyl (C=O) groups excluding carboxylic acids is 1. The van der Waals surface area contributed by atoms with Gasteiger partial charge in [0, 0.05) is 6.54 Å². The number of aromatic nitrogens is 4. The van der Waals surface area contributed by atoms with E-state index < -0.39 is 0 Å². The number of nitrogens with one attached hydrogen (secondary N) is 1. The molecule has 5 rings (SSSR count). The highest BCUT2D eigenvalue weighted by atomic mass is 32.2. The maximum absolute atomic E-state index is 12.4. The van der Waals surface area contributed by atoms with Crippen LogP contribution in [0.1, 0.15) is 5.56 Å². The minimum Gasteiger partial charge on any atom is -0.486 e. The quantitative estimate of drug-likeness (QED) is 0.344. The standard InChI is InChI=1S/C23H21N5O3S/c29-21(24-9-8-16-6-7-19-20(12-16)31-11-10-30-19)14-32-23-18-13-27-28(22(18)25-15-26-23)17-4-2-1-3-5-17/h1-7,12-13,15H,8-11,14H2,(H,24,29). The van der Waals surface area contributed by atoms with Crippen LogP contribution in [0.3, 0.4) is 0 Å². The Balaban J connectivity index is 1.17. The highest BCUT2D eigenvalue weighted by Crippen LogP contribution is 2.31. The Morgan fingerprint density at radius 3 is 2.78 bits per heavy atom. The largest absolute Gasteiger partial charge is 0.486 e. The van der Waals surface area contributed by atoms with Gasteiger partial charge in [0.15, 0.2) is 17.1 Å². The number of nitrogens with zero attached hydrogens (tertiary/aromatic N) is 4. The third kappa shape index (κ3) is 4.38. The maximum atomic E-state index is 12.4. The number of carbonyl (C=O) groups is 1. The molecule has 1 aliphatic rings. The molecule has 1 N–H and O–H groups in total. The van der Waals surface area contributed by atoms with Gasteiger partial charge in [0.05, 0.1) is 23.0 Å². The predicted molar refractivity (Wildman–Crippen MR) is 122 cm³/mol. The lowest BCUT2D eigenvalue weighted by atomic mass is 10.1. The molecule has 0 fully saturated rings. The van der Waals surface area contributed by atoms with Crippen LogP contribution in [0.4, 0.5) is 0 Å². The summed E-state index contributed by atoms with van der Waals surface area (Å²) in [5.74, 6) is 1.76. The van der Waals surface area contributed by atoms with Gasteiger partial charge in [-0.15, -0.1) is 0 Å². The number of thioether (sulfide) groups is 1. The van der Waals surface area contributed by atoms with Crippen molar-refractivity contribution in [1.82, 2.24) is 25.1 Å². The van der Waals surface area contributed by atoms with Gasteiger partial charge in [-0.3, -0.25) is 4.79 Å². The molecule has 0 bridgehead atoms. The first-order valence-electron chi connectivity index (χ1n) is 10.3. The van der Waals surface area contributed by atoms with E-state index in [2.05, 4.69) is 20.4 Å². The van der Waals surface area contributed by atoms with E-state index in [1.165, 1.54) is 18.1 Å². The number of hydrogen-bond acceptors (Lipinski definition) is 7. The fourth-order valence-corrected chi connectivity index (χ4v) is 4.26. The van der Waals surface area contributed by atoms with E-state index in [0.29, 0.717) is 31.8 Å². The summed E-state index contributed by atoms with van der Waals surface area (Å²) in [6.45, 7) is 1.68. The zero-order valence-corrected chi connectivity index (χ0v) is 18.0. The Bertz CT molecular complexity index is 1250. The van der Waals surface area contributed by atoms with Gasteiger partial charge in [-0.1, -0.05) is 36.0 Å².